The van der Waals surface area contributed by atoms with Gasteiger partial charge in [0.25, 0.3) is 5.69 Å². The van der Waals surface area contributed by atoms with E-state index in [1.807, 2.05) is 0 Å². The molecule has 0 heterocycles. The van der Waals surface area contributed by atoms with Crippen LogP contribution in [-0.2, 0) is 19.7 Å². The quantitative estimate of drug-likeness (QED) is 0.447. The van der Waals surface area contributed by atoms with E-state index in [9.17, 15) is 19.7 Å². The monoisotopic (exact) mass is 373 g/mol. The number of hydrogen-bond acceptors (Lipinski definition) is 6. The molecule has 0 aliphatic carbocycles. The first-order valence-corrected chi connectivity index (χ1v) is 7.20. The van der Waals surface area contributed by atoms with Crippen LogP contribution in [0.1, 0.15) is 36.7 Å². The van der Waals surface area contributed by atoms with Crippen LogP contribution in [0.2, 0.25) is 0 Å². The maximum absolute atomic E-state index is 12.1. The van der Waals surface area contributed by atoms with Crippen LogP contribution in [-0.4, -0.2) is 30.6 Å². The SMILES string of the molecule is CCOC(=O)C(C)(C)c1cc(Br)c(C(=O)OC)cc1[N+](=O)[O-]. The summed E-state index contributed by atoms with van der Waals surface area (Å²) in [5, 5.41) is 11.3. The van der Waals surface area contributed by atoms with Crippen LogP contribution in [0.25, 0.3) is 0 Å². The number of ether oxygens (including phenoxy) is 2. The summed E-state index contributed by atoms with van der Waals surface area (Å²) in [5.41, 5.74) is -1.43. The third kappa shape index (κ3) is 3.44. The highest BCUT2D eigenvalue weighted by molar-refractivity contribution is 9.10. The molecule has 0 N–H and O–H groups in total. The number of nitrogens with zero attached hydrogens (tertiary/aromatic N) is 1. The van der Waals surface area contributed by atoms with Gasteiger partial charge in [-0.05, 0) is 42.8 Å². The molecule has 120 valence electrons. The van der Waals surface area contributed by atoms with Gasteiger partial charge in [0.2, 0.25) is 0 Å². The Kier molecular flexibility index (Phi) is 5.65. The van der Waals surface area contributed by atoms with Crippen LogP contribution in [0.4, 0.5) is 5.69 Å². The number of carbonyl (C=O) groups excluding carboxylic acids is 2. The molecule has 0 bridgehead atoms. The van der Waals surface area contributed by atoms with Crippen LogP contribution in [0.3, 0.4) is 0 Å². The van der Waals surface area contributed by atoms with Crippen molar-refractivity contribution in [2.45, 2.75) is 26.2 Å². The van der Waals surface area contributed by atoms with Crippen LogP contribution in [0.5, 0.6) is 0 Å². The third-order valence-electron chi connectivity index (χ3n) is 3.15. The number of nitro groups is 1. The average molecular weight is 374 g/mol. The minimum absolute atomic E-state index is 0.0117. The molecule has 1 rings (SSSR count). The molecule has 0 spiro atoms. The van der Waals surface area contributed by atoms with E-state index >= 15 is 0 Å². The third-order valence-corrected chi connectivity index (χ3v) is 3.80. The van der Waals surface area contributed by atoms with Crippen LogP contribution in [0.15, 0.2) is 16.6 Å². The van der Waals surface area contributed by atoms with E-state index in [2.05, 4.69) is 20.7 Å². The van der Waals surface area contributed by atoms with Crippen molar-refractivity contribution >= 4 is 33.6 Å². The number of rotatable bonds is 5. The van der Waals surface area contributed by atoms with Gasteiger partial charge in [0.15, 0.2) is 0 Å². The number of carbonyl (C=O) groups is 2. The highest BCUT2D eigenvalue weighted by Crippen LogP contribution is 2.36. The highest BCUT2D eigenvalue weighted by Gasteiger charge is 2.38. The second-order valence-electron chi connectivity index (χ2n) is 4.94. The van der Waals surface area contributed by atoms with E-state index in [0.717, 1.165) is 6.07 Å². The van der Waals surface area contributed by atoms with Crippen molar-refractivity contribution < 1.29 is 24.0 Å². The zero-order valence-electron chi connectivity index (χ0n) is 12.6. The van der Waals surface area contributed by atoms with Gasteiger partial charge in [0.1, 0.15) is 0 Å². The van der Waals surface area contributed by atoms with E-state index in [1.165, 1.54) is 27.0 Å². The molecule has 0 atom stereocenters. The molecule has 0 amide bonds. The number of benzene rings is 1. The smallest absolute Gasteiger partial charge is 0.339 e. The second-order valence-corrected chi connectivity index (χ2v) is 5.80. The molecule has 0 saturated carbocycles. The minimum atomic E-state index is -1.24. The first-order valence-electron chi connectivity index (χ1n) is 6.40. The summed E-state index contributed by atoms with van der Waals surface area (Å²) in [6, 6.07) is 2.47. The van der Waals surface area contributed by atoms with Crippen molar-refractivity contribution in [3.63, 3.8) is 0 Å². The van der Waals surface area contributed by atoms with Crippen LogP contribution < -0.4 is 0 Å². The van der Waals surface area contributed by atoms with Gasteiger partial charge in [-0.25, -0.2) is 4.79 Å². The maximum atomic E-state index is 12.1. The van der Waals surface area contributed by atoms with Crippen LogP contribution in [0, 0.1) is 10.1 Å². The van der Waals surface area contributed by atoms with Crippen molar-refractivity contribution in [3.05, 3.63) is 37.8 Å². The molecule has 8 heteroatoms. The Labute approximate surface area is 135 Å². The lowest BCUT2D eigenvalue weighted by molar-refractivity contribution is -0.386. The summed E-state index contributed by atoms with van der Waals surface area (Å²) in [6.45, 7) is 4.87. The maximum Gasteiger partial charge on any atom is 0.339 e. The largest absolute Gasteiger partial charge is 0.465 e. The Balaban J connectivity index is 3.54. The molecular weight excluding hydrogens is 358 g/mol. The Morgan fingerprint density at radius 2 is 1.95 bits per heavy atom. The predicted molar refractivity (Wildman–Crippen MR) is 81.8 cm³/mol. The molecule has 0 radical (unpaired) electrons. The van der Waals surface area contributed by atoms with E-state index in [1.54, 1.807) is 6.92 Å². The fourth-order valence-corrected chi connectivity index (χ4v) is 2.41. The van der Waals surface area contributed by atoms with Gasteiger partial charge in [0, 0.05) is 16.1 Å². The van der Waals surface area contributed by atoms with E-state index in [0.29, 0.717) is 4.47 Å². The van der Waals surface area contributed by atoms with E-state index in [-0.39, 0.29) is 23.4 Å². The average Bonchev–Trinajstić information content (AvgIpc) is 2.45. The van der Waals surface area contributed by atoms with Crippen molar-refractivity contribution in [1.29, 1.82) is 0 Å². The number of methoxy groups -OCH3 is 1. The zero-order chi connectivity index (χ0) is 17.1. The summed E-state index contributed by atoms with van der Waals surface area (Å²) in [5.74, 6) is -1.30. The first-order chi connectivity index (χ1) is 10.2. The Bertz CT molecular complexity index is 626. The lowest BCUT2D eigenvalue weighted by atomic mass is 9.83. The summed E-state index contributed by atoms with van der Waals surface area (Å²) in [4.78, 5) is 34.4. The summed E-state index contributed by atoms with van der Waals surface area (Å²) in [6.07, 6.45) is 0. The lowest BCUT2D eigenvalue weighted by Gasteiger charge is -2.23. The standard InChI is InChI=1S/C14H16BrNO6/c1-5-22-13(18)14(2,3)9-7-10(15)8(12(17)21-4)6-11(9)16(19)20/h6-7H,5H2,1-4H3. The zero-order valence-corrected chi connectivity index (χ0v) is 14.2. The second kappa shape index (κ2) is 6.87. The summed E-state index contributed by atoms with van der Waals surface area (Å²) in [7, 11) is 1.18. The van der Waals surface area contributed by atoms with Gasteiger partial charge in [-0.2, -0.15) is 0 Å². The van der Waals surface area contributed by atoms with E-state index in [4.69, 9.17) is 4.74 Å². The molecule has 0 fully saturated rings. The highest BCUT2D eigenvalue weighted by atomic mass is 79.9. The number of esters is 2. The number of nitro benzene ring substituents is 1. The normalized spacial score (nSPS) is 11.0. The molecule has 0 aromatic heterocycles. The predicted octanol–water partition coefficient (Wildman–Crippen LogP) is 2.98. The molecule has 0 saturated heterocycles. The molecular formula is C14H16BrNO6. The van der Waals surface area contributed by atoms with Gasteiger partial charge in [-0.3, -0.25) is 14.9 Å². The van der Waals surface area contributed by atoms with Gasteiger partial charge < -0.3 is 9.47 Å². The van der Waals surface area contributed by atoms with Gasteiger partial charge in [-0.1, -0.05) is 0 Å². The van der Waals surface area contributed by atoms with Gasteiger partial charge >= 0.3 is 11.9 Å². The van der Waals surface area contributed by atoms with Gasteiger partial charge in [0.05, 0.1) is 29.6 Å². The molecule has 22 heavy (non-hydrogen) atoms. The number of hydrogen-bond donors (Lipinski definition) is 0. The first kappa shape index (κ1) is 18.1. The Morgan fingerprint density at radius 3 is 2.41 bits per heavy atom. The van der Waals surface area contributed by atoms with E-state index < -0.39 is 22.3 Å². The molecule has 0 aliphatic rings. The summed E-state index contributed by atoms with van der Waals surface area (Å²) >= 11 is 3.18. The van der Waals surface area contributed by atoms with Crippen molar-refractivity contribution in [2.24, 2.45) is 0 Å². The topological polar surface area (TPSA) is 95.7 Å². The minimum Gasteiger partial charge on any atom is -0.465 e. The fraction of sp³-hybridized carbons (Fsp3) is 0.429. The van der Waals surface area contributed by atoms with Crippen molar-refractivity contribution in [3.8, 4) is 0 Å². The molecule has 1 aromatic carbocycles. The van der Waals surface area contributed by atoms with Crippen molar-refractivity contribution in [2.75, 3.05) is 13.7 Å². The Morgan fingerprint density at radius 1 is 1.36 bits per heavy atom. The fourth-order valence-electron chi connectivity index (χ4n) is 1.90. The molecule has 0 aliphatic heterocycles. The molecule has 1 aromatic rings. The Hall–Kier alpha value is -1.96. The summed E-state index contributed by atoms with van der Waals surface area (Å²) < 4.78 is 9.85. The van der Waals surface area contributed by atoms with Crippen molar-refractivity contribution in [1.82, 2.24) is 0 Å². The van der Waals surface area contributed by atoms with Crippen LogP contribution >= 0.6 is 15.9 Å². The molecule has 7 nitrogen and oxygen atoms in total. The lowest BCUT2D eigenvalue weighted by Crippen LogP contribution is -2.32. The molecule has 0 unspecified atom stereocenters. The number of halogens is 1. The van der Waals surface area contributed by atoms with Gasteiger partial charge in [-0.15, -0.1) is 0 Å².